The lowest BCUT2D eigenvalue weighted by molar-refractivity contribution is 0.187. The second kappa shape index (κ2) is 5.67. The third-order valence-corrected chi connectivity index (χ3v) is 3.30. The molecule has 1 aliphatic rings. The van der Waals surface area contributed by atoms with Crippen molar-refractivity contribution < 1.29 is 4.74 Å². The first-order valence-electron chi connectivity index (χ1n) is 5.89. The largest absolute Gasteiger partial charge is 0.380 e. The minimum Gasteiger partial charge on any atom is -0.380 e. The SMILES string of the molecule is CCC(NC1CCOC1)c1ccc(Cl)cc1. The fourth-order valence-corrected chi connectivity index (χ4v) is 2.22. The Kier molecular flexibility index (Phi) is 4.22. The third kappa shape index (κ3) is 2.97. The molecule has 2 rings (SSSR count). The van der Waals surface area contributed by atoms with Gasteiger partial charge in [-0.2, -0.15) is 0 Å². The second-order valence-corrected chi connectivity index (χ2v) is 4.68. The van der Waals surface area contributed by atoms with Gasteiger partial charge in [-0.3, -0.25) is 0 Å². The van der Waals surface area contributed by atoms with Gasteiger partial charge < -0.3 is 10.1 Å². The summed E-state index contributed by atoms with van der Waals surface area (Å²) in [6.07, 6.45) is 2.20. The van der Waals surface area contributed by atoms with Crippen LogP contribution in [0.1, 0.15) is 31.4 Å². The molecule has 0 aromatic heterocycles. The van der Waals surface area contributed by atoms with Crippen LogP contribution in [0.15, 0.2) is 24.3 Å². The lowest BCUT2D eigenvalue weighted by Gasteiger charge is -2.21. The zero-order valence-corrected chi connectivity index (χ0v) is 10.3. The lowest BCUT2D eigenvalue weighted by atomic mass is 10.0. The molecule has 3 heteroatoms. The number of hydrogen-bond donors (Lipinski definition) is 1. The van der Waals surface area contributed by atoms with Gasteiger partial charge >= 0.3 is 0 Å². The maximum Gasteiger partial charge on any atom is 0.0620 e. The highest BCUT2D eigenvalue weighted by Crippen LogP contribution is 2.21. The number of nitrogens with one attached hydrogen (secondary N) is 1. The summed E-state index contributed by atoms with van der Waals surface area (Å²) < 4.78 is 5.37. The Morgan fingerprint density at radius 1 is 1.44 bits per heavy atom. The molecule has 1 saturated heterocycles. The van der Waals surface area contributed by atoms with Crippen LogP contribution in [0.5, 0.6) is 0 Å². The molecule has 16 heavy (non-hydrogen) atoms. The van der Waals surface area contributed by atoms with Gasteiger partial charge in [0, 0.05) is 23.7 Å². The van der Waals surface area contributed by atoms with Crippen molar-refractivity contribution in [3.63, 3.8) is 0 Å². The maximum atomic E-state index is 5.89. The first kappa shape index (κ1) is 11.9. The molecule has 1 aliphatic heterocycles. The summed E-state index contributed by atoms with van der Waals surface area (Å²) in [5.74, 6) is 0. The fourth-order valence-electron chi connectivity index (χ4n) is 2.10. The van der Waals surface area contributed by atoms with E-state index in [1.807, 2.05) is 12.1 Å². The van der Waals surface area contributed by atoms with E-state index in [0.29, 0.717) is 12.1 Å². The molecule has 0 bridgehead atoms. The summed E-state index contributed by atoms with van der Waals surface area (Å²) in [7, 11) is 0. The van der Waals surface area contributed by atoms with E-state index < -0.39 is 0 Å². The second-order valence-electron chi connectivity index (χ2n) is 4.24. The summed E-state index contributed by atoms with van der Waals surface area (Å²) in [4.78, 5) is 0. The summed E-state index contributed by atoms with van der Waals surface area (Å²) in [6.45, 7) is 3.92. The van der Waals surface area contributed by atoms with E-state index in [-0.39, 0.29) is 0 Å². The number of benzene rings is 1. The molecule has 1 aromatic rings. The Bertz CT molecular complexity index is 319. The maximum absolute atomic E-state index is 5.89. The van der Waals surface area contributed by atoms with Crippen LogP contribution >= 0.6 is 11.6 Å². The van der Waals surface area contributed by atoms with Gasteiger partial charge in [0.1, 0.15) is 0 Å². The van der Waals surface area contributed by atoms with Crippen molar-refractivity contribution in [3.8, 4) is 0 Å². The molecular weight excluding hydrogens is 222 g/mol. The Labute approximate surface area is 102 Å². The summed E-state index contributed by atoms with van der Waals surface area (Å²) in [5, 5.41) is 4.43. The van der Waals surface area contributed by atoms with E-state index in [2.05, 4.69) is 24.4 Å². The molecule has 0 aliphatic carbocycles. The van der Waals surface area contributed by atoms with Crippen LogP contribution in [0.2, 0.25) is 5.02 Å². The van der Waals surface area contributed by atoms with Gasteiger partial charge in [-0.25, -0.2) is 0 Å². The van der Waals surface area contributed by atoms with Crippen LogP contribution in [0, 0.1) is 0 Å². The van der Waals surface area contributed by atoms with E-state index in [0.717, 1.165) is 31.1 Å². The Morgan fingerprint density at radius 3 is 2.75 bits per heavy atom. The predicted octanol–water partition coefficient (Wildman–Crippen LogP) is 3.17. The number of rotatable bonds is 4. The zero-order valence-electron chi connectivity index (χ0n) is 9.58. The molecule has 2 unspecified atom stereocenters. The number of halogens is 1. The third-order valence-electron chi connectivity index (χ3n) is 3.05. The van der Waals surface area contributed by atoms with Gasteiger partial charge in [0.2, 0.25) is 0 Å². The van der Waals surface area contributed by atoms with Crippen LogP contribution in [0.4, 0.5) is 0 Å². The number of hydrogen-bond acceptors (Lipinski definition) is 2. The van der Waals surface area contributed by atoms with Gasteiger partial charge in [-0.1, -0.05) is 30.7 Å². The molecule has 2 nitrogen and oxygen atoms in total. The average molecular weight is 240 g/mol. The molecular formula is C13H18ClNO. The van der Waals surface area contributed by atoms with Crippen molar-refractivity contribution in [2.24, 2.45) is 0 Å². The van der Waals surface area contributed by atoms with Crippen molar-refractivity contribution in [1.29, 1.82) is 0 Å². The molecule has 1 aromatic carbocycles. The van der Waals surface area contributed by atoms with E-state index in [1.165, 1.54) is 5.56 Å². The molecule has 88 valence electrons. The molecule has 0 saturated carbocycles. The molecule has 0 radical (unpaired) electrons. The van der Waals surface area contributed by atoms with Gasteiger partial charge in [0.05, 0.1) is 6.61 Å². The first-order chi connectivity index (χ1) is 7.79. The fraction of sp³-hybridized carbons (Fsp3) is 0.538. The zero-order chi connectivity index (χ0) is 11.4. The van der Waals surface area contributed by atoms with Gasteiger partial charge in [0.25, 0.3) is 0 Å². The minimum atomic E-state index is 0.406. The summed E-state index contributed by atoms with van der Waals surface area (Å²) >= 11 is 5.89. The molecule has 0 spiro atoms. The minimum absolute atomic E-state index is 0.406. The van der Waals surface area contributed by atoms with Crippen LogP contribution in [-0.2, 0) is 4.74 Å². The molecule has 1 N–H and O–H groups in total. The lowest BCUT2D eigenvalue weighted by Crippen LogP contribution is -2.32. The predicted molar refractivity (Wildman–Crippen MR) is 66.8 cm³/mol. The van der Waals surface area contributed by atoms with Crippen molar-refractivity contribution in [1.82, 2.24) is 5.32 Å². The Hall–Kier alpha value is -0.570. The highest BCUT2D eigenvalue weighted by Gasteiger charge is 2.19. The first-order valence-corrected chi connectivity index (χ1v) is 6.26. The Morgan fingerprint density at radius 2 is 2.19 bits per heavy atom. The standard InChI is InChI=1S/C13H18ClNO/c1-2-13(15-12-7-8-16-9-12)10-3-5-11(14)6-4-10/h3-6,12-13,15H,2,7-9H2,1H3. The smallest absolute Gasteiger partial charge is 0.0620 e. The normalized spacial score (nSPS) is 22.2. The van der Waals surface area contributed by atoms with Gasteiger partial charge in [-0.15, -0.1) is 0 Å². The van der Waals surface area contributed by atoms with Crippen LogP contribution in [-0.4, -0.2) is 19.3 Å². The van der Waals surface area contributed by atoms with Crippen molar-refractivity contribution in [2.45, 2.75) is 31.8 Å². The van der Waals surface area contributed by atoms with E-state index >= 15 is 0 Å². The van der Waals surface area contributed by atoms with Crippen molar-refractivity contribution >= 4 is 11.6 Å². The highest BCUT2D eigenvalue weighted by atomic mass is 35.5. The van der Waals surface area contributed by atoms with Crippen LogP contribution in [0.3, 0.4) is 0 Å². The molecule has 0 amide bonds. The van der Waals surface area contributed by atoms with Gasteiger partial charge in [-0.05, 0) is 30.5 Å². The van der Waals surface area contributed by atoms with Crippen LogP contribution < -0.4 is 5.32 Å². The molecule has 1 heterocycles. The summed E-state index contributed by atoms with van der Waals surface area (Å²) in [5.41, 5.74) is 1.30. The monoisotopic (exact) mass is 239 g/mol. The van der Waals surface area contributed by atoms with Crippen LogP contribution in [0.25, 0.3) is 0 Å². The highest BCUT2D eigenvalue weighted by molar-refractivity contribution is 6.30. The van der Waals surface area contributed by atoms with Crippen molar-refractivity contribution in [3.05, 3.63) is 34.9 Å². The Balaban J connectivity index is 2.00. The van der Waals surface area contributed by atoms with E-state index in [4.69, 9.17) is 16.3 Å². The topological polar surface area (TPSA) is 21.3 Å². The quantitative estimate of drug-likeness (QED) is 0.872. The molecule has 1 fully saturated rings. The summed E-state index contributed by atoms with van der Waals surface area (Å²) in [6, 6.07) is 9.00. The van der Waals surface area contributed by atoms with Crippen molar-refractivity contribution in [2.75, 3.05) is 13.2 Å². The van der Waals surface area contributed by atoms with E-state index in [9.17, 15) is 0 Å². The van der Waals surface area contributed by atoms with Gasteiger partial charge in [0.15, 0.2) is 0 Å². The molecule has 2 atom stereocenters. The average Bonchev–Trinajstić information content (AvgIpc) is 2.80. The number of ether oxygens (including phenoxy) is 1. The van der Waals surface area contributed by atoms with E-state index in [1.54, 1.807) is 0 Å².